The van der Waals surface area contributed by atoms with Crippen LogP contribution in [0.5, 0.6) is 0 Å². The molecule has 0 atom stereocenters. The molecule has 0 radical (unpaired) electrons. The van der Waals surface area contributed by atoms with Gasteiger partial charge >= 0.3 is 11.9 Å². The van der Waals surface area contributed by atoms with Crippen LogP contribution in [0.4, 0.5) is 0 Å². The maximum absolute atomic E-state index is 11.8. The summed E-state index contributed by atoms with van der Waals surface area (Å²) in [5.74, 6) is -1.72. The van der Waals surface area contributed by atoms with E-state index in [0.29, 0.717) is 13.1 Å². The van der Waals surface area contributed by atoms with Gasteiger partial charge in [-0.1, -0.05) is 42.5 Å². The van der Waals surface area contributed by atoms with Gasteiger partial charge in [0.1, 0.15) is 11.6 Å². The summed E-state index contributed by atoms with van der Waals surface area (Å²) in [6.07, 6.45) is 6.62. The zero-order chi connectivity index (χ0) is 19.4. The summed E-state index contributed by atoms with van der Waals surface area (Å²) in [4.78, 5) is 25.4. The van der Waals surface area contributed by atoms with E-state index < -0.39 is 11.9 Å². The van der Waals surface area contributed by atoms with Gasteiger partial charge in [0.05, 0.1) is 19.8 Å². The van der Waals surface area contributed by atoms with Crippen molar-refractivity contribution in [2.24, 2.45) is 0 Å². The largest absolute Gasteiger partial charge is 0.465 e. The second kappa shape index (κ2) is 11.3. The molecule has 0 aliphatic rings. The Morgan fingerprint density at radius 3 is 2.27 bits per heavy atom. The summed E-state index contributed by atoms with van der Waals surface area (Å²) < 4.78 is 9.15. The Morgan fingerprint density at radius 1 is 1.15 bits per heavy atom. The van der Waals surface area contributed by atoms with Gasteiger partial charge in [-0.25, -0.2) is 9.59 Å². The van der Waals surface area contributed by atoms with Gasteiger partial charge in [-0.15, -0.1) is 0 Å². The predicted octanol–water partition coefficient (Wildman–Crippen LogP) is 2.74. The minimum atomic E-state index is -0.860. The molecule has 0 aliphatic heterocycles. The van der Waals surface area contributed by atoms with Gasteiger partial charge in [0.15, 0.2) is 0 Å². The van der Waals surface area contributed by atoms with E-state index in [2.05, 4.69) is 9.47 Å². The van der Waals surface area contributed by atoms with Gasteiger partial charge in [0.2, 0.25) is 0 Å². The maximum Gasteiger partial charge on any atom is 0.345 e. The molecular weight excluding hydrogens is 332 g/mol. The Kier molecular flexibility index (Phi) is 8.97. The zero-order valence-corrected chi connectivity index (χ0v) is 15.1. The number of allylic oxidation sites excluding steroid dienone is 3. The average molecular weight is 354 g/mol. The summed E-state index contributed by atoms with van der Waals surface area (Å²) in [5.41, 5.74) is 0.861. The van der Waals surface area contributed by atoms with Crippen LogP contribution in [0, 0.1) is 11.3 Å². The van der Waals surface area contributed by atoms with Gasteiger partial charge in [0.25, 0.3) is 0 Å². The Hall–Kier alpha value is -3.33. The van der Waals surface area contributed by atoms with E-state index in [4.69, 9.17) is 0 Å². The number of esters is 2. The molecule has 6 heteroatoms. The molecule has 26 heavy (non-hydrogen) atoms. The fraction of sp³-hybridized carbons (Fsp3) is 0.250. The normalized spacial score (nSPS) is 10.8. The molecule has 0 aromatic heterocycles. The number of hydrogen-bond donors (Lipinski definition) is 0. The molecule has 1 aromatic carbocycles. The molecule has 1 aromatic rings. The number of nitriles is 1. The molecule has 0 aliphatic carbocycles. The zero-order valence-electron chi connectivity index (χ0n) is 15.1. The Bertz CT molecular complexity index is 725. The van der Waals surface area contributed by atoms with Crippen LogP contribution in [0.15, 0.2) is 65.9 Å². The van der Waals surface area contributed by atoms with E-state index in [1.165, 1.54) is 6.08 Å². The molecule has 136 valence electrons. The third-order valence-electron chi connectivity index (χ3n) is 3.37. The van der Waals surface area contributed by atoms with E-state index >= 15 is 0 Å². The predicted molar refractivity (Wildman–Crippen MR) is 97.5 cm³/mol. The molecule has 0 N–H and O–H groups in total. The summed E-state index contributed by atoms with van der Waals surface area (Å²) in [7, 11) is 2.31. The first-order valence-corrected chi connectivity index (χ1v) is 7.95. The number of nitrogens with zero attached hydrogens (tertiary/aromatic N) is 2. The minimum absolute atomic E-state index is 0.135. The van der Waals surface area contributed by atoms with Crippen molar-refractivity contribution in [1.29, 1.82) is 5.26 Å². The van der Waals surface area contributed by atoms with E-state index in [9.17, 15) is 14.9 Å². The molecule has 0 bridgehead atoms. The quantitative estimate of drug-likeness (QED) is 0.136. The highest BCUT2D eigenvalue weighted by atomic mass is 16.5. The van der Waals surface area contributed by atoms with Gasteiger partial charge in [-0.2, -0.15) is 5.26 Å². The number of methoxy groups -OCH3 is 2. The molecule has 0 amide bonds. The van der Waals surface area contributed by atoms with E-state index in [1.54, 1.807) is 6.20 Å². The summed E-state index contributed by atoms with van der Waals surface area (Å²) >= 11 is 0. The van der Waals surface area contributed by atoms with Crippen LogP contribution in [-0.4, -0.2) is 37.6 Å². The lowest BCUT2D eigenvalue weighted by atomic mass is 10.1. The lowest BCUT2D eigenvalue weighted by Crippen LogP contribution is -2.18. The van der Waals surface area contributed by atoms with Crippen molar-refractivity contribution in [2.75, 3.05) is 20.8 Å². The third-order valence-corrected chi connectivity index (χ3v) is 3.37. The van der Waals surface area contributed by atoms with Crippen molar-refractivity contribution in [3.05, 3.63) is 71.5 Å². The first-order chi connectivity index (χ1) is 12.5. The van der Waals surface area contributed by atoms with Crippen molar-refractivity contribution in [3.8, 4) is 6.07 Å². The lowest BCUT2D eigenvalue weighted by molar-refractivity contribution is -0.144. The standard InChI is InChI=1S/C20H22N2O4/c1-4-5-11-22(14-16-9-7-6-8-10-16)15-17(13-21)12-18(19(23)25-2)20(24)26-3/h4-10,12,15H,11,14H2,1-3H3/b5-4-,17-15-. The summed E-state index contributed by atoms with van der Waals surface area (Å²) in [5, 5.41) is 9.41. The second-order valence-electron chi connectivity index (χ2n) is 5.22. The van der Waals surface area contributed by atoms with Crippen LogP contribution in [0.1, 0.15) is 12.5 Å². The molecule has 0 unspecified atom stereocenters. The van der Waals surface area contributed by atoms with Crippen LogP contribution in [0.2, 0.25) is 0 Å². The first kappa shape index (κ1) is 20.7. The Morgan fingerprint density at radius 2 is 1.77 bits per heavy atom. The van der Waals surface area contributed by atoms with Crippen LogP contribution < -0.4 is 0 Å². The van der Waals surface area contributed by atoms with Crippen LogP contribution >= 0.6 is 0 Å². The highest BCUT2D eigenvalue weighted by molar-refractivity contribution is 6.14. The molecule has 0 heterocycles. The molecule has 0 saturated heterocycles. The number of hydrogen-bond acceptors (Lipinski definition) is 6. The molecule has 1 rings (SSSR count). The number of carbonyl (C=O) groups excluding carboxylic acids is 2. The van der Waals surface area contributed by atoms with E-state index in [-0.39, 0.29) is 11.1 Å². The van der Waals surface area contributed by atoms with E-state index in [1.807, 2.05) is 60.4 Å². The maximum atomic E-state index is 11.8. The van der Waals surface area contributed by atoms with Crippen LogP contribution in [0.25, 0.3) is 0 Å². The van der Waals surface area contributed by atoms with E-state index in [0.717, 1.165) is 19.8 Å². The van der Waals surface area contributed by atoms with Gasteiger partial charge < -0.3 is 14.4 Å². The number of carbonyl (C=O) groups is 2. The molecular formula is C20H22N2O4. The highest BCUT2D eigenvalue weighted by Crippen LogP contribution is 2.11. The molecule has 0 fully saturated rings. The Labute approximate surface area is 153 Å². The van der Waals surface area contributed by atoms with Crippen molar-refractivity contribution in [2.45, 2.75) is 13.5 Å². The van der Waals surface area contributed by atoms with Gasteiger partial charge in [-0.05, 0) is 18.6 Å². The van der Waals surface area contributed by atoms with Crippen molar-refractivity contribution in [3.63, 3.8) is 0 Å². The van der Waals surface area contributed by atoms with Gasteiger partial charge in [-0.3, -0.25) is 0 Å². The second-order valence-corrected chi connectivity index (χ2v) is 5.22. The number of benzene rings is 1. The fourth-order valence-corrected chi connectivity index (χ4v) is 2.09. The topological polar surface area (TPSA) is 79.6 Å². The van der Waals surface area contributed by atoms with Gasteiger partial charge in [0, 0.05) is 19.3 Å². The van der Waals surface area contributed by atoms with Crippen LogP contribution in [-0.2, 0) is 25.6 Å². The lowest BCUT2D eigenvalue weighted by Gasteiger charge is -2.19. The van der Waals surface area contributed by atoms with Crippen LogP contribution in [0.3, 0.4) is 0 Å². The van der Waals surface area contributed by atoms with Crippen molar-refractivity contribution >= 4 is 11.9 Å². The monoisotopic (exact) mass is 354 g/mol. The summed E-state index contributed by atoms with van der Waals surface area (Å²) in [6, 6.07) is 11.7. The minimum Gasteiger partial charge on any atom is -0.465 e. The summed E-state index contributed by atoms with van der Waals surface area (Å²) in [6.45, 7) is 3.04. The Balaban J connectivity index is 3.19. The molecule has 6 nitrogen and oxygen atoms in total. The SMILES string of the molecule is C/C=C\CN(/C=C(\C#N)C=C(C(=O)OC)C(=O)OC)Cc1ccccc1. The highest BCUT2D eigenvalue weighted by Gasteiger charge is 2.20. The molecule has 0 saturated carbocycles. The first-order valence-electron chi connectivity index (χ1n) is 7.95. The number of rotatable bonds is 8. The van der Waals surface area contributed by atoms with Crippen molar-refractivity contribution in [1.82, 2.24) is 4.90 Å². The fourth-order valence-electron chi connectivity index (χ4n) is 2.09. The average Bonchev–Trinajstić information content (AvgIpc) is 2.68. The smallest absolute Gasteiger partial charge is 0.345 e. The molecule has 0 spiro atoms. The third kappa shape index (κ3) is 6.65. The van der Waals surface area contributed by atoms with Crippen molar-refractivity contribution < 1.29 is 19.1 Å². The number of ether oxygens (including phenoxy) is 2.